The lowest BCUT2D eigenvalue weighted by Gasteiger charge is -2.07. The molecule has 1 amide bonds. The van der Waals surface area contributed by atoms with Crippen LogP contribution in [0.4, 0.5) is 0 Å². The quantitative estimate of drug-likeness (QED) is 0.609. The van der Waals surface area contributed by atoms with Crippen LogP contribution < -0.4 is 10.9 Å². The molecule has 0 saturated carbocycles. The molecule has 5 nitrogen and oxygen atoms in total. The fraction of sp³-hybridized carbons (Fsp3) is 0.0526. The third kappa shape index (κ3) is 2.46. The minimum atomic E-state index is -0.232. The van der Waals surface area contributed by atoms with Gasteiger partial charge in [-0.25, -0.2) is 0 Å². The summed E-state index contributed by atoms with van der Waals surface area (Å²) in [5.41, 5.74) is 2.49. The number of benzene rings is 2. The molecule has 24 heavy (non-hydrogen) atoms. The van der Waals surface area contributed by atoms with Gasteiger partial charge in [0.1, 0.15) is 11.8 Å². The van der Waals surface area contributed by atoms with E-state index in [4.69, 9.17) is 4.42 Å². The second-order valence-corrected chi connectivity index (χ2v) is 5.53. The highest BCUT2D eigenvalue weighted by Gasteiger charge is 2.13. The number of nitrogens with one attached hydrogen (secondary N) is 2. The van der Waals surface area contributed by atoms with E-state index in [2.05, 4.69) is 10.3 Å². The molecule has 0 fully saturated rings. The molecule has 0 aliphatic rings. The summed E-state index contributed by atoms with van der Waals surface area (Å²) in [6.45, 7) is 0.267. The number of aromatic amines is 1. The van der Waals surface area contributed by atoms with Gasteiger partial charge in [-0.1, -0.05) is 36.4 Å². The van der Waals surface area contributed by atoms with Crippen LogP contribution in [0, 0.1) is 0 Å². The molecular weight excluding hydrogens is 304 g/mol. The molecule has 0 radical (unpaired) electrons. The van der Waals surface area contributed by atoms with E-state index >= 15 is 0 Å². The molecule has 4 aromatic rings. The third-order valence-corrected chi connectivity index (χ3v) is 4.00. The molecule has 4 rings (SSSR count). The Morgan fingerprint density at radius 2 is 1.79 bits per heavy atom. The van der Waals surface area contributed by atoms with Crippen LogP contribution in [0.2, 0.25) is 0 Å². The van der Waals surface area contributed by atoms with Crippen molar-refractivity contribution in [2.24, 2.45) is 0 Å². The van der Waals surface area contributed by atoms with Crippen LogP contribution in [0.25, 0.3) is 21.9 Å². The third-order valence-electron chi connectivity index (χ3n) is 4.00. The van der Waals surface area contributed by atoms with Gasteiger partial charge in [0.2, 0.25) is 5.56 Å². The van der Waals surface area contributed by atoms with Gasteiger partial charge in [-0.2, -0.15) is 0 Å². The fourth-order valence-electron chi connectivity index (χ4n) is 2.85. The van der Waals surface area contributed by atoms with Gasteiger partial charge < -0.3 is 14.7 Å². The van der Waals surface area contributed by atoms with Crippen molar-refractivity contribution in [3.63, 3.8) is 0 Å². The van der Waals surface area contributed by atoms with E-state index in [9.17, 15) is 9.59 Å². The van der Waals surface area contributed by atoms with Crippen molar-refractivity contribution in [3.8, 4) is 0 Å². The summed E-state index contributed by atoms with van der Waals surface area (Å²) in [4.78, 5) is 27.0. The van der Waals surface area contributed by atoms with E-state index in [0.29, 0.717) is 11.1 Å². The number of aromatic nitrogens is 1. The Balaban J connectivity index is 1.63. The predicted molar refractivity (Wildman–Crippen MR) is 92.0 cm³/mol. The Labute approximate surface area is 136 Å². The van der Waals surface area contributed by atoms with Gasteiger partial charge in [0.15, 0.2) is 0 Å². The van der Waals surface area contributed by atoms with Crippen molar-refractivity contribution < 1.29 is 9.21 Å². The predicted octanol–water partition coefficient (Wildman–Crippen LogP) is 3.20. The fourth-order valence-corrected chi connectivity index (χ4v) is 2.85. The number of hydrogen-bond donors (Lipinski definition) is 2. The molecule has 0 spiro atoms. The van der Waals surface area contributed by atoms with Crippen LogP contribution in [-0.4, -0.2) is 10.9 Å². The normalized spacial score (nSPS) is 11.0. The first-order chi connectivity index (χ1) is 11.7. The number of para-hydroxylation sites is 2. The van der Waals surface area contributed by atoms with Crippen LogP contribution in [0.5, 0.6) is 0 Å². The molecule has 5 heteroatoms. The first kappa shape index (κ1) is 14.3. The largest absolute Gasteiger partial charge is 0.463 e. The average molecular weight is 318 g/mol. The zero-order valence-corrected chi connectivity index (χ0v) is 12.7. The topological polar surface area (TPSA) is 75.1 Å². The highest BCUT2D eigenvalue weighted by atomic mass is 16.3. The van der Waals surface area contributed by atoms with Gasteiger partial charge in [0.05, 0.1) is 5.56 Å². The van der Waals surface area contributed by atoms with Gasteiger partial charge in [-0.3, -0.25) is 9.59 Å². The van der Waals surface area contributed by atoms with Crippen molar-refractivity contribution >= 4 is 27.8 Å². The van der Waals surface area contributed by atoms with Crippen molar-refractivity contribution in [2.45, 2.75) is 6.54 Å². The SMILES string of the molecule is O=C(NCc1cc(=O)[nH]c2ccccc12)c1coc2ccccc12. The maximum Gasteiger partial charge on any atom is 0.255 e. The van der Waals surface area contributed by atoms with Crippen LogP contribution in [0.15, 0.2) is 70.1 Å². The van der Waals surface area contributed by atoms with Crippen molar-refractivity contribution in [2.75, 3.05) is 0 Å². The summed E-state index contributed by atoms with van der Waals surface area (Å²) >= 11 is 0. The molecule has 2 aromatic heterocycles. The lowest BCUT2D eigenvalue weighted by molar-refractivity contribution is 0.0952. The van der Waals surface area contributed by atoms with Gasteiger partial charge in [-0.05, 0) is 17.7 Å². The maximum atomic E-state index is 12.5. The highest BCUT2D eigenvalue weighted by molar-refractivity contribution is 6.05. The standard InChI is InChI=1S/C19H14N2O3/c22-18-9-12(13-5-1-3-7-16(13)21-18)10-20-19(23)15-11-24-17-8-4-2-6-14(15)17/h1-9,11H,10H2,(H,20,23)(H,21,22). The highest BCUT2D eigenvalue weighted by Crippen LogP contribution is 2.21. The molecule has 2 heterocycles. The number of amides is 1. The van der Waals surface area contributed by atoms with E-state index in [1.165, 1.54) is 12.3 Å². The Morgan fingerprint density at radius 3 is 2.67 bits per heavy atom. The summed E-state index contributed by atoms with van der Waals surface area (Å²) < 4.78 is 5.40. The van der Waals surface area contributed by atoms with Gasteiger partial charge in [0, 0.05) is 28.9 Å². The van der Waals surface area contributed by atoms with Gasteiger partial charge >= 0.3 is 0 Å². The lowest BCUT2D eigenvalue weighted by atomic mass is 10.1. The second kappa shape index (κ2) is 5.70. The minimum Gasteiger partial charge on any atom is -0.463 e. The van der Waals surface area contributed by atoms with Crippen LogP contribution in [0.3, 0.4) is 0 Å². The van der Waals surface area contributed by atoms with Gasteiger partial charge in [0.25, 0.3) is 5.91 Å². The molecule has 0 atom stereocenters. The van der Waals surface area contributed by atoms with E-state index in [-0.39, 0.29) is 18.0 Å². The Morgan fingerprint density at radius 1 is 1.04 bits per heavy atom. The van der Waals surface area contributed by atoms with E-state index in [1.807, 2.05) is 48.5 Å². The maximum absolute atomic E-state index is 12.5. The average Bonchev–Trinajstić information content (AvgIpc) is 3.03. The Bertz CT molecular complexity index is 1110. The molecule has 2 aromatic carbocycles. The molecule has 118 valence electrons. The lowest BCUT2D eigenvalue weighted by Crippen LogP contribution is -2.23. The summed E-state index contributed by atoms with van der Waals surface area (Å²) in [6, 6.07) is 16.4. The van der Waals surface area contributed by atoms with E-state index in [0.717, 1.165) is 21.9 Å². The minimum absolute atomic E-state index is 0.188. The summed E-state index contributed by atoms with van der Waals surface area (Å²) in [7, 11) is 0. The number of carbonyl (C=O) groups excluding carboxylic acids is 1. The number of H-pyrrole nitrogens is 1. The molecule has 0 aliphatic heterocycles. The Hall–Kier alpha value is -3.34. The number of fused-ring (bicyclic) bond motifs is 2. The van der Waals surface area contributed by atoms with Crippen LogP contribution in [0.1, 0.15) is 15.9 Å². The molecule has 0 saturated heterocycles. The van der Waals surface area contributed by atoms with Crippen molar-refractivity contribution in [3.05, 3.63) is 82.3 Å². The molecule has 2 N–H and O–H groups in total. The number of pyridine rings is 1. The summed E-state index contributed by atoms with van der Waals surface area (Å²) in [6.07, 6.45) is 1.45. The zero-order valence-electron chi connectivity index (χ0n) is 12.7. The van der Waals surface area contributed by atoms with Crippen LogP contribution >= 0.6 is 0 Å². The first-order valence-corrected chi connectivity index (χ1v) is 7.58. The van der Waals surface area contributed by atoms with Crippen molar-refractivity contribution in [1.82, 2.24) is 10.3 Å². The number of furan rings is 1. The number of hydrogen-bond acceptors (Lipinski definition) is 3. The zero-order chi connectivity index (χ0) is 16.5. The van der Waals surface area contributed by atoms with E-state index < -0.39 is 0 Å². The smallest absolute Gasteiger partial charge is 0.255 e. The van der Waals surface area contributed by atoms with E-state index in [1.54, 1.807) is 0 Å². The summed E-state index contributed by atoms with van der Waals surface area (Å²) in [5, 5.41) is 4.54. The van der Waals surface area contributed by atoms with Crippen LogP contribution in [-0.2, 0) is 6.54 Å². The first-order valence-electron chi connectivity index (χ1n) is 7.58. The molecule has 0 aliphatic carbocycles. The van der Waals surface area contributed by atoms with Gasteiger partial charge in [-0.15, -0.1) is 0 Å². The molecular formula is C19H14N2O3. The Kier molecular flexibility index (Phi) is 3.39. The van der Waals surface area contributed by atoms with Crippen molar-refractivity contribution in [1.29, 1.82) is 0 Å². The number of carbonyl (C=O) groups is 1. The number of rotatable bonds is 3. The monoisotopic (exact) mass is 318 g/mol. The molecule has 0 unspecified atom stereocenters. The summed E-state index contributed by atoms with van der Waals surface area (Å²) in [5.74, 6) is -0.232. The second-order valence-electron chi connectivity index (χ2n) is 5.53. The molecule has 0 bridgehead atoms.